The lowest BCUT2D eigenvalue weighted by molar-refractivity contribution is 0.506. The maximum absolute atomic E-state index is 4.19. The van der Waals surface area contributed by atoms with Gasteiger partial charge in [-0.2, -0.15) is 0 Å². The van der Waals surface area contributed by atoms with Crippen molar-refractivity contribution in [1.82, 2.24) is 10.3 Å². The molecule has 2 heteroatoms. The van der Waals surface area contributed by atoms with Gasteiger partial charge < -0.3 is 5.32 Å². The summed E-state index contributed by atoms with van der Waals surface area (Å²) in [6, 6.07) is 2.55. The molecule has 2 nitrogen and oxygen atoms in total. The Morgan fingerprint density at radius 1 is 1.43 bits per heavy atom. The van der Waals surface area contributed by atoms with Gasteiger partial charge in [-0.25, -0.2) is 0 Å². The van der Waals surface area contributed by atoms with Gasteiger partial charge in [0.15, 0.2) is 0 Å². The minimum Gasteiger partial charge on any atom is -0.310 e. The fourth-order valence-electron chi connectivity index (χ4n) is 1.74. The van der Waals surface area contributed by atoms with Crippen LogP contribution in [0, 0.1) is 6.92 Å². The molecule has 0 bridgehead atoms. The Kier molecular flexibility index (Phi) is 4.60. The molecule has 1 unspecified atom stereocenters. The van der Waals surface area contributed by atoms with Crippen LogP contribution in [0.1, 0.15) is 43.9 Å². The molecule has 0 aliphatic rings. The monoisotopic (exact) mass is 192 g/mol. The molecule has 14 heavy (non-hydrogen) atoms. The fraction of sp³-hybridized carbons (Fsp3) is 0.583. The quantitative estimate of drug-likeness (QED) is 0.776. The molecule has 0 amide bonds. The first kappa shape index (κ1) is 11.2. The van der Waals surface area contributed by atoms with Crippen LogP contribution >= 0.6 is 0 Å². The second kappa shape index (κ2) is 5.76. The maximum atomic E-state index is 4.19. The van der Waals surface area contributed by atoms with E-state index >= 15 is 0 Å². The van der Waals surface area contributed by atoms with E-state index < -0.39 is 0 Å². The SMILES string of the molecule is CCCC(NCC)c1cnccc1C. The van der Waals surface area contributed by atoms with Gasteiger partial charge in [0.05, 0.1) is 0 Å². The number of nitrogens with one attached hydrogen (secondary N) is 1. The highest BCUT2D eigenvalue weighted by atomic mass is 14.9. The minimum absolute atomic E-state index is 0.471. The molecule has 78 valence electrons. The van der Waals surface area contributed by atoms with Gasteiger partial charge in [0, 0.05) is 18.4 Å². The molecular weight excluding hydrogens is 172 g/mol. The zero-order valence-corrected chi connectivity index (χ0v) is 9.38. The Hall–Kier alpha value is -0.890. The average Bonchev–Trinajstić information content (AvgIpc) is 2.18. The molecule has 0 aliphatic heterocycles. The van der Waals surface area contributed by atoms with E-state index in [1.807, 2.05) is 12.4 Å². The standard InChI is InChI=1S/C12H20N2/c1-4-6-12(14-5-2)11-9-13-8-7-10(11)3/h7-9,12,14H,4-6H2,1-3H3. The molecule has 0 spiro atoms. The van der Waals surface area contributed by atoms with E-state index in [1.165, 1.54) is 24.0 Å². The lowest BCUT2D eigenvalue weighted by Gasteiger charge is -2.18. The smallest absolute Gasteiger partial charge is 0.0337 e. The Morgan fingerprint density at radius 2 is 2.21 bits per heavy atom. The van der Waals surface area contributed by atoms with E-state index in [9.17, 15) is 0 Å². The van der Waals surface area contributed by atoms with Crippen molar-refractivity contribution in [2.45, 2.75) is 39.7 Å². The number of aromatic nitrogens is 1. The maximum Gasteiger partial charge on any atom is 0.0337 e. The van der Waals surface area contributed by atoms with Gasteiger partial charge in [-0.1, -0.05) is 20.3 Å². The summed E-state index contributed by atoms with van der Waals surface area (Å²) in [6.07, 6.45) is 6.22. The third kappa shape index (κ3) is 2.81. The first-order valence-corrected chi connectivity index (χ1v) is 5.43. The average molecular weight is 192 g/mol. The van der Waals surface area contributed by atoms with Crippen molar-refractivity contribution in [3.63, 3.8) is 0 Å². The van der Waals surface area contributed by atoms with Crippen LogP contribution in [0.4, 0.5) is 0 Å². The molecule has 0 saturated heterocycles. The third-order valence-corrected chi connectivity index (χ3v) is 2.48. The van der Waals surface area contributed by atoms with Crippen molar-refractivity contribution in [2.75, 3.05) is 6.54 Å². The summed E-state index contributed by atoms with van der Waals surface area (Å²) in [6.45, 7) is 7.53. The molecule has 1 rings (SSSR count). The number of nitrogens with zero attached hydrogens (tertiary/aromatic N) is 1. The summed E-state index contributed by atoms with van der Waals surface area (Å²) in [5.41, 5.74) is 2.68. The number of hydrogen-bond donors (Lipinski definition) is 1. The van der Waals surface area contributed by atoms with Gasteiger partial charge in [-0.15, -0.1) is 0 Å². The van der Waals surface area contributed by atoms with E-state index in [1.54, 1.807) is 0 Å². The Bertz CT molecular complexity index is 265. The second-order valence-corrected chi connectivity index (χ2v) is 3.63. The number of hydrogen-bond acceptors (Lipinski definition) is 2. The highest BCUT2D eigenvalue weighted by Crippen LogP contribution is 2.20. The molecule has 0 aromatic carbocycles. The fourth-order valence-corrected chi connectivity index (χ4v) is 1.74. The van der Waals surface area contributed by atoms with Crippen molar-refractivity contribution in [1.29, 1.82) is 0 Å². The second-order valence-electron chi connectivity index (χ2n) is 3.63. The first-order chi connectivity index (χ1) is 6.79. The van der Waals surface area contributed by atoms with Gasteiger partial charge in [-0.05, 0) is 37.1 Å². The number of aryl methyl sites for hydroxylation is 1. The van der Waals surface area contributed by atoms with E-state index in [2.05, 4.69) is 37.1 Å². The zero-order chi connectivity index (χ0) is 10.4. The van der Waals surface area contributed by atoms with Crippen LogP contribution < -0.4 is 5.32 Å². The Morgan fingerprint density at radius 3 is 2.79 bits per heavy atom. The van der Waals surface area contributed by atoms with Crippen molar-refractivity contribution in [2.24, 2.45) is 0 Å². The Labute approximate surface area is 86.8 Å². The highest BCUT2D eigenvalue weighted by Gasteiger charge is 2.10. The molecule has 1 atom stereocenters. The highest BCUT2D eigenvalue weighted by molar-refractivity contribution is 5.24. The van der Waals surface area contributed by atoms with Gasteiger partial charge in [0.25, 0.3) is 0 Å². The van der Waals surface area contributed by atoms with Gasteiger partial charge in [0.2, 0.25) is 0 Å². The molecule has 0 aliphatic carbocycles. The molecule has 1 aromatic rings. The minimum atomic E-state index is 0.471. The van der Waals surface area contributed by atoms with Crippen molar-refractivity contribution in [3.8, 4) is 0 Å². The molecule has 0 radical (unpaired) electrons. The third-order valence-electron chi connectivity index (χ3n) is 2.48. The van der Waals surface area contributed by atoms with Crippen LogP contribution in [0.15, 0.2) is 18.5 Å². The molecular formula is C12H20N2. The first-order valence-electron chi connectivity index (χ1n) is 5.43. The summed E-state index contributed by atoms with van der Waals surface area (Å²) >= 11 is 0. The van der Waals surface area contributed by atoms with Crippen LogP contribution in [0.25, 0.3) is 0 Å². The van der Waals surface area contributed by atoms with Gasteiger partial charge in [-0.3, -0.25) is 4.98 Å². The topological polar surface area (TPSA) is 24.9 Å². The van der Waals surface area contributed by atoms with E-state index in [0.717, 1.165) is 6.54 Å². The normalized spacial score (nSPS) is 12.8. The summed E-state index contributed by atoms with van der Waals surface area (Å²) in [7, 11) is 0. The summed E-state index contributed by atoms with van der Waals surface area (Å²) in [5.74, 6) is 0. The zero-order valence-electron chi connectivity index (χ0n) is 9.38. The predicted octanol–water partition coefficient (Wildman–Crippen LogP) is 2.84. The van der Waals surface area contributed by atoms with Crippen LogP contribution in [-0.4, -0.2) is 11.5 Å². The summed E-state index contributed by atoms with van der Waals surface area (Å²) < 4.78 is 0. The number of rotatable bonds is 5. The largest absolute Gasteiger partial charge is 0.310 e. The molecule has 0 saturated carbocycles. The van der Waals surface area contributed by atoms with Crippen LogP contribution in [0.2, 0.25) is 0 Å². The van der Waals surface area contributed by atoms with Crippen LogP contribution in [0.5, 0.6) is 0 Å². The Balaban J connectivity index is 2.81. The summed E-state index contributed by atoms with van der Waals surface area (Å²) in [4.78, 5) is 4.19. The van der Waals surface area contributed by atoms with Crippen LogP contribution in [-0.2, 0) is 0 Å². The van der Waals surface area contributed by atoms with E-state index in [4.69, 9.17) is 0 Å². The predicted molar refractivity (Wildman–Crippen MR) is 60.3 cm³/mol. The summed E-state index contributed by atoms with van der Waals surface area (Å²) in [5, 5.41) is 3.50. The van der Waals surface area contributed by atoms with E-state index in [0.29, 0.717) is 6.04 Å². The molecule has 1 heterocycles. The lowest BCUT2D eigenvalue weighted by Crippen LogP contribution is -2.21. The van der Waals surface area contributed by atoms with Crippen molar-refractivity contribution in [3.05, 3.63) is 29.6 Å². The van der Waals surface area contributed by atoms with Gasteiger partial charge in [0.1, 0.15) is 0 Å². The molecule has 0 fully saturated rings. The van der Waals surface area contributed by atoms with Crippen molar-refractivity contribution >= 4 is 0 Å². The molecule has 1 aromatic heterocycles. The van der Waals surface area contributed by atoms with Gasteiger partial charge >= 0.3 is 0 Å². The lowest BCUT2D eigenvalue weighted by atomic mass is 10.00. The number of pyridine rings is 1. The van der Waals surface area contributed by atoms with Crippen LogP contribution in [0.3, 0.4) is 0 Å². The van der Waals surface area contributed by atoms with Crippen molar-refractivity contribution < 1.29 is 0 Å². The molecule has 1 N–H and O–H groups in total. The van der Waals surface area contributed by atoms with E-state index in [-0.39, 0.29) is 0 Å².